The van der Waals surface area contributed by atoms with Crippen molar-refractivity contribution in [2.75, 3.05) is 11.9 Å². The van der Waals surface area contributed by atoms with Crippen molar-refractivity contribution >= 4 is 33.3 Å². The van der Waals surface area contributed by atoms with Gasteiger partial charge in [0.2, 0.25) is 0 Å². The zero-order valence-corrected chi connectivity index (χ0v) is 17.1. The molecule has 0 bridgehead atoms. The third-order valence-electron chi connectivity index (χ3n) is 5.18. The molecule has 0 heterocycles. The summed E-state index contributed by atoms with van der Waals surface area (Å²) in [6.45, 7) is 16.9. The lowest BCUT2D eigenvalue weighted by atomic mass is 9.85. The van der Waals surface area contributed by atoms with Crippen LogP contribution in [0, 0.1) is 5.41 Å². The predicted molar refractivity (Wildman–Crippen MR) is 122 cm³/mol. The Morgan fingerprint density at radius 2 is 1.48 bits per heavy atom. The molecule has 0 amide bonds. The van der Waals surface area contributed by atoms with Gasteiger partial charge in [-0.05, 0) is 75.4 Å². The van der Waals surface area contributed by atoms with Gasteiger partial charge in [-0.25, -0.2) is 0 Å². The van der Waals surface area contributed by atoms with Crippen LogP contribution in [0.2, 0.25) is 0 Å². The van der Waals surface area contributed by atoms with Gasteiger partial charge in [-0.2, -0.15) is 0 Å². The molecule has 0 spiro atoms. The normalized spacial score (nSPS) is 12.4. The first-order valence-electron chi connectivity index (χ1n) is 9.41. The number of anilines is 1. The number of fused-ring (bicyclic) bond motifs is 2. The molecule has 0 saturated carbocycles. The number of hydrogen-bond acceptors (Lipinski definition) is 1. The van der Waals surface area contributed by atoms with Crippen molar-refractivity contribution in [3.8, 4) is 0 Å². The quantitative estimate of drug-likeness (QED) is 0.344. The smallest absolute Gasteiger partial charge is 0.0485 e. The fourth-order valence-corrected chi connectivity index (χ4v) is 3.36. The average molecular weight is 356 g/mol. The minimum atomic E-state index is 0.0408. The molecule has 27 heavy (non-hydrogen) atoms. The minimum absolute atomic E-state index is 0.0408. The summed E-state index contributed by atoms with van der Waals surface area (Å²) < 4.78 is 0. The molecule has 3 aromatic rings. The lowest BCUT2D eigenvalue weighted by Gasteiger charge is -2.25. The van der Waals surface area contributed by atoms with Gasteiger partial charge in [-0.1, -0.05) is 64.3 Å². The van der Waals surface area contributed by atoms with E-state index < -0.39 is 0 Å². The summed E-state index contributed by atoms with van der Waals surface area (Å²) >= 11 is 0. The Hall–Kier alpha value is -2.80. The van der Waals surface area contributed by atoms with E-state index in [1.807, 2.05) is 13.0 Å². The summed E-state index contributed by atoms with van der Waals surface area (Å²) in [5.74, 6) is 0. The molecular weight excluding hydrogens is 326 g/mol. The molecule has 0 aliphatic rings. The van der Waals surface area contributed by atoms with E-state index in [1.165, 1.54) is 32.7 Å². The van der Waals surface area contributed by atoms with E-state index in [4.69, 9.17) is 0 Å². The Balaban J connectivity index is 2.33. The second-order valence-corrected chi connectivity index (χ2v) is 8.31. The summed E-state index contributed by atoms with van der Waals surface area (Å²) in [6, 6.07) is 17.6. The number of rotatable bonds is 4. The van der Waals surface area contributed by atoms with Gasteiger partial charge in [-0.3, -0.25) is 0 Å². The van der Waals surface area contributed by atoms with Crippen LogP contribution in [-0.2, 0) is 0 Å². The molecule has 0 unspecified atom stereocenters. The molecule has 0 fully saturated rings. The first kappa shape index (κ1) is 19.0. The van der Waals surface area contributed by atoms with Crippen LogP contribution in [0.3, 0.4) is 0 Å². The highest BCUT2D eigenvalue weighted by Crippen LogP contribution is 2.35. The standard InChI is InChI=1S/C26H29N/c1-8-24(26(4,5)6)16-23-15-21-13-19-11-9-10-12-20(19)14-22(21)17-25(23)27(7)18(2)3/h8-17H,1-2H2,3-7H3/b24-16+. The number of hydrogen-bond donors (Lipinski definition) is 0. The van der Waals surface area contributed by atoms with Crippen LogP contribution < -0.4 is 4.90 Å². The van der Waals surface area contributed by atoms with Gasteiger partial charge in [0.25, 0.3) is 0 Å². The fraction of sp³-hybridized carbons (Fsp3) is 0.231. The molecule has 0 aromatic heterocycles. The Kier molecular flexibility index (Phi) is 4.97. The Morgan fingerprint density at radius 1 is 0.926 bits per heavy atom. The maximum Gasteiger partial charge on any atom is 0.0485 e. The van der Waals surface area contributed by atoms with Crippen LogP contribution in [-0.4, -0.2) is 7.05 Å². The van der Waals surface area contributed by atoms with Gasteiger partial charge < -0.3 is 4.90 Å². The van der Waals surface area contributed by atoms with Crippen molar-refractivity contribution in [2.24, 2.45) is 5.41 Å². The SMILES string of the molecule is C=C/C(=C\c1cc2cc3ccccc3cc2cc1N(C)C(=C)C)C(C)(C)C. The summed E-state index contributed by atoms with van der Waals surface area (Å²) in [6.07, 6.45) is 4.23. The molecule has 138 valence electrons. The third-order valence-corrected chi connectivity index (χ3v) is 5.18. The van der Waals surface area contributed by atoms with E-state index in [0.717, 1.165) is 11.4 Å². The maximum absolute atomic E-state index is 4.14. The van der Waals surface area contributed by atoms with Crippen LogP contribution in [0.1, 0.15) is 33.3 Å². The summed E-state index contributed by atoms with van der Waals surface area (Å²) in [4.78, 5) is 2.16. The molecule has 1 heteroatoms. The second kappa shape index (κ2) is 7.08. The van der Waals surface area contributed by atoms with E-state index in [-0.39, 0.29) is 5.41 Å². The molecule has 3 aromatic carbocycles. The first-order chi connectivity index (χ1) is 12.7. The first-order valence-corrected chi connectivity index (χ1v) is 9.41. The molecule has 0 aliphatic heterocycles. The van der Waals surface area contributed by atoms with Crippen LogP contribution >= 0.6 is 0 Å². The lowest BCUT2D eigenvalue weighted by Crippen LogP contribution is -2.15. The zero-order valence-electron chi connectivity index (χ0n) is 17.1. The molecule has 0 N–H and O–H groups in total. The number of allylic oxidation sites excluding steroid dienone is 3. The lowest BCUT2D eigenvalue weighted by molar-refractivity contribution is 0.521. The van der Waals surface area contributed by atoms with E-state index >= 15 is 0 Å². The van der Waals surface area contributed by atoms with Crippen molar-refractivity contribution in [3.63, 3.8) is 0 Å². The van der Waals surface area contributed by atoms with Crippen LogP contribution in [0.25, 0.3) is 27.6 Å². The van der Waals surface area contributed by atoms with Crippen molar-refractivity contribution in [3.05, 3.63) is 84.6 Å². The maximum atomic E-state index is 4.14. The highest BCUT2D eigenvalue weighted by atomic mass is 15.1. The monoisotopic (exact) mass is 355 g/mol. The Bertz CT molecular complexity index is 1060. The van der Waals surface area contributed by atoms with Crippen molar-refractivity contribution in [1.29, 1.82) is 0 Å². The molecule has 0 radical (unpaired) electrons. The van der Waals surface area contributed by atoms with Gasteiger partial charge in [0.05, 0.1) is 0 Å². The minimum Gasteiger partial charge on any atom is -0.349 e. The Morgan fingerprint density at radius 3 is 1.96 bits per heavy atom. The molecule has 0 aliphatic carbocycles. The third kappa shape index (κ3) is 3.83. The number of nitrogens with zero attached hydrogens (tertiary/aromatic N) is 1. The van der Waals surface area contributed by atoms with Crippen LogP contribution in [0.4, 0.5) is 5.69 Å². The van der Waals surface area contributed by atoms with E-state index in [0.29, 0.717) is 0 Å². The molecule has 1 nitrogen and oxygen atoms in total. The van der Waals surface area contributed by atoms with Crippen LogP contribution in [0.5, 0.6) is 0 Å². The fourth-order valence-electron chi connectivity index (χ4n) is 3.36. The van der Waals surface area contributed by atoms with E-state index in [9.17, 15) is 0 Å². The largest absolute Gasteiger partial charge is 0.349 e. The van der Waals surface area contributed by atoms with Crippen LogP contribution in [0.15, 0.2) is 79.0 Å². The van der Waals surface area contributed by atoms with Gasteiger partial charge in [0.15, 0.2) is 0 Å². The second-order valence-electron chi connectivity index (χ2n) is 8.31. The van der Waals surface area contributed by atoms with Gasteiger partial charge in [0, 0.05) is 18.4 Å². The Labute approximate surface area is 163 Å². The summed E-state index contributed by atoms with van der Waals surface area (Å²) in [7, 11) is 2.08. The van der Waals surface area contributed by atoms with Crippen molar-refractivity contribution in [1.82, 2.24) is 0 Å². The summed E-state index contributed by atoms with van der Waals surface area (Å²) in [5, 5.41) is 5.01. The molecular formula is C26H29N. The highest BCUT2D eigenvalue weighted by molar-refractivity contribution is 6.01. The van der Waals surface area contributed by atoms with Gasteiger partial charge in [-0.15, -0.1) is 0 Å². The van der Waals surface area contributed by atoms with Crippen molar-refractivity contribution < 1.29 is 0 Å². The molecule has 0 saturated heterocycles. The predicted octanol–water partition coefficient (Wildman–Crippen LogP) is 7.58. The van der Waals surface area contributed by atoms with Gasteiger partial charge in [0.1, 0.15) is 0 Å². The van der Waals surface area contributed by atoms with E-state index in [2.05, 4.69) is 100 Å². The average Bonchev–Trinajstić information content (AvgIpc) is 2.62. The van der Waals surface area contributed by atoms with Crippen molar-refractivity contribution in [2.45, 2.75) is 27.7 Å². The molecule has 0 atom stereocenters. The number of benzene rings is 3. The highest BCUT2D eigenvalue weighted by Gasteiger charge is 2.16. The zero-order chi connectivity index (χ0) is 19.8. The van der Waals surface area contributed by atoms with E-state index in [1.54, 1.807) is 0 Å². The summed E-state index contributed by atoms with van der Waals surface area (Å²) in [5.41, 5.74) is 4.63. The van der Waals surface area contributed by atoms with Gasteiger partial charge >= 0.3 is 0 Å². The molecule has 3 rings (SSSR count). The topological polar surface area (TPSA) is 3.24 Å².